The molecule has 1 N–H and O–H groups in total. The minimum absolute atomic E-state index is 0.135. The molecule has 2 atom stereocenters. The standard InChI is InChI=1S/C11H20N2O/c1-4-10(3)12-8-11-9-13(5-2)6-7-14-11/h1,10-12H,5-9H2,2-3H3. The average molecular weight is 196 g/mol. The van der Waals surface area contributed by atoms with Crippen molar-refractivity contribution in [2.24, 2.45) is 0 Å². The summed E-state index contributed by atoms with van der Waals surface area (Å²) in [5, 5.41) is 3.26. The van der Waals surface area contributed by atoms with Gasteiger partial charge in [0.15, 0.2) is 0 Å². The predicted molar refractivity (Wildman–Crippen MR) is 58.2 cm³/mol. The summed E-state index contributed by atoms with van der Waals surface area (Å²) in [5.74, 6) is 2.65. The SMILES string of the molecule is C#CC(C)NCC1CN(CC)CCO1. The second-order valence-electron chi connectivity index (χ2n) is 3.68. The monoisotopic (exact) mass is 196 g/mol. The molecular formula is C11H20N2O. The lowest BCUT2D eigenvalue weighted by atomic mass is 10.2. The third kappa shape index (κ3) is 3.67. The fraction of sp³-hybridized carbons (Fsp3) is 0.818. The molecule has 1 saturated heterocycles. The summed E-state index contributed by atoms with van der Waals surface area (Å²) in [7, 11) is 0. The Morgan fingerprint density at radius 3 is 3.14 bits per heavy atom. The topological polar surface area (TPSA) is 24.5 Å². The number of terminal acetylenes is 1. The van der Waals surface area contributed by atoms with Crippen LogP contribution < -0.4 is 5.32 Å². The lowest BCUT2D eigenvalue weighted by Gasteiger charge is -2.32. The van der Waals surface area contributed by atoms with Gasteiger partial charge in [-0.3, -0.25) is 4.90 Å². The van der Waals surface area contributed by atoms with Crippen molar-refractivity contribution in [3.05, 3.63) is 0 Å². The van der Waals surface area contributed by atoms with Gasteiger partial charge in [-0.2, -0.15) is 0 Å². The quantitative estimate of drug-likeness (QED) is 0.655. The molecule has 0 aromatic heterocycles. The van der Waals surface area contributed by atoms with Crippen LogP contribution in [0.25, 0.3) is 0 Å². The zero-order valence-corrected chi connectivity index (χ0v) is 9.12. The van der Waals surface area contributed by atoms with E-state index in [0.29, 0.717) is 6.10 Å². The number of morpholine rings is 1. The van der Waals surface area contributed by atoms with E-state index in [0.717, 1.165) is 32.8 Å². The molecule has 0 amide bonds. The Morgan fingerprint density at radius 2 is 2.50 bits per heavy atom. The van der Waals surface area contributed by atoms with Crippen molar-refractivity contribution in [2.75, 3.05) is 32.8 Å². The molecule has 0 radical (unpaired) electrons. The van der Waals surface area contributed by atoms with Crippen LogP contribution >= 0.6 is 0 Å². The maximum atomic E-state index is 5.63. The van der Waals surface area contributed by atoms with Crippen molar-refractivity contribution in [1.29, 1.82) is 0 Å². The summed E-state index contributed by atoms with van der Waals surface area (Å²) < 4.78 is 5.63. The van der Waals surface area contributed by atoms with Crippen molar-refractivity contribution < 1.29 is 4.74 Å². The molecule has 0 aromatic carbocycles. The van der Waals surface area contributed by atoms with Gasteiger partial charge in [0.2, 0.25) is 0 Å². The van der Waals surface area contributed by atoms with Gasteiger partial charge in [-0.15, -0.1) is 6.42 Å². The van der Waals surface area contributed by atoms with Crippen LogP contribution in [0.3, 0.4) is 0 Å². The van der Waals surface area contributed by atoms with E-state index in [1.54, 1.807) is 0 Å². The Bertz CT molecular complexity index is 200. The number of hydrogen-bond acceptors (Lipinski definition) is 3. The number of hydrogen-bond donors (Lipinski definition) is 1. The molecule has 0 spiro atoms. The zero-order valence-electron chi connectivity index (χ0n) is 9.12. The van der Waals surface area contributed by atoms with E-state index in [2.05, 4.69) is 23.1 Å². The first kappa shape index (κ1) is 11.5. The van der Waals surface area contributed by atoms with Gasteiger partial charge in [0.05, 0.1) is 18.8 Å². The highest BCUT2D eigenvalue weighted by molar-refractivity contribution is 4.96. The summed E-state index contributed by atoms with van der Waals surface area (Å²) >= 11 is 0. The number of nitrogens with one attached hydrogen (secondary N) is 1. The van der Waals surface area contributed by atoms with Crippen LogP contribution in [0.1, 0.15) is 13.8 Å². The van der Waals surface area contributed by atoms with Gasteiger partial charge in [-0.05, 0) is 13.5 Å². The molecule has 80 valence electrons. The fourth-order valence-corrected chi connectivity index (χ4v) is 1.56. The molecule has 3 nitrogen and oxygen atoms in total. The van der Waals surface area contributed by atoms with Crippen LogP contribution in [0.15, 0.2) is 0 Å². The Morgan fingerprint density at radius 1 is 1.71 bits per heavy atom. The fourth-order valence-electron chi connectivity index (χ4n) is 1.56. The number of nitrogens with zero attached hydrogens (tertiary/aromatic N) is 1. The highest BCUT2D eigenvalue weighted by Gasteiger charge is 2.18. The van der Waals surface area contributed by atoms with Crippen LogP contribution in [0.4, 0.5) is 0 Å². The Labute approximate surface area is 86.8 Å². The molecule has 14 heavy (non-hydrogen) atoms. The molecular weight excluding hydrogens is 176 g/mol. The van der Waals surface area contributed by atoms with Crippen molar-refractivity contribution in [2.45, 2.75) is 26.0 Å². The van der Waals surface area contributed by atoms with Crippen molar-refractivity contribution in [3.8, 4) is 12.3 Å². The molecule has 0 bridgehead atoms. The van der Waals surface area contributed by atoms with Crippen LogP contribution in [-0.4, -0.2) is 49.8 Å². The Balaban J connectivity index is 2.21. The molecule has 0 aromatic rings. The smallest absolute Gasteiger partial charge is 0.0827 e. The van der Waals surface area contributed by atoms with E-state index in [1.165, 1.54) is 0 Å². The molecule has 3 heteroatoms. The first-order valence-electron chi connectivity index (χ1n) is 5.29. The Kier molecular flexibility index (Phi) is 4.95. The normalized spacial score (nSPS) is 25.6. The van der Waals surface area contributed by atoms with E-state index in [-0.39, 0.29) is 6.04 Å². The first-order valence-corrected chi connectivity index (χ1v) is 5.29. The summed E-state index contributed by atoms with van der Waals surface area (Å²) in [6.07, 6.45) is 5.57. The molecule has 2 unspecified atom stereocenters. The highest BCUT2D eigenvalue weighted by Crippen LogP contribution is 2.03. The van der Waals surface area contributed by atoms with Gasteiger partial charge in [-0.1, -0.05) is 12.8 Å². The molecule has 0 aliphatic carbocycles. The largest absolute Gasteiger partial charge is 0.374 e. The molecule has 1 aliphatic heterocycles. The van der Waals surface area contributed by atoms with E-state index in [4.69, 9.17) is 11.2 Å². The van der Waals surface area contributed by atoms with Gasteiger partial charge in [0.25, 0.3) is 0 Å². The minimum Gasteiger partial charge on any atom is -0.374 e. The van der Waals surface area contributed by atoms with Gasteiger partial charge >= 0.3 is 0 Å². The second-order valence-corrected chi connectivity index (χ2v) is 3.68. The second kappa shape index (κ2) is 6.02. The molecule has 0 saturated carbocycles. The van der Waals surface area contributed by atoms with E-state index < -0.39 is 0 Å². The maximum absolute atomic E-state index is 5.63. The van der Waals surface area contributed by atoms with Gasteiger partial charge < -0.3 is 10.1 Å². The molecule has 1 fully saturated rings. The van der Waals surface area contributed by atoms with Crippen LogP contribution in [0.2, 0.25) is 0 Å². The molecule has 1 rings (SSSR count). The van der Waals surface area contributed by atoms with Crippen LogP contribution in [0.5, 0.6) is 0 Å². The summed E-state index contributed by atoms with van der Waals surface area (Å²) in [6.45, 7) is 9.02. The van der Waals surface area contributed by atoms with Crippen LogP contribution in [-0.2, 0) is 4.74 Å². The highest BCUT2D eigenvalue weighted by atomic mass is 16.5. The summed E-state index contributed by atoms with van der Waals surface area (Å²) in [6, 6.07) is 0.135. The van der Waals surface area contributed by atoms with E-state index >= 15 is 0 Å². The summed E-state index contributed by atoms with van der Waals surface area (Å²) in [4.78, 5) is 2.40. The maximum Gasteiger partial charge on any atom is 0.0827 e. The lowest BCUT2D eigenvalue weighted by Crippen LogP contribution is -2.47. The minimum atomic E-state index is 0.135. The Hall–Kier alpha value is -0.560. The first-order chi connectivity index (χ1) is 6.76. The average Bonchev–Trinajstić information content (AvgIpc) is 2.26. The van der Waals surface area contributed by atoms with Crippen molar-refractivity contribution in [1.82, 2.24) is 10.2 Å². The van der Waals surface area contributed by atoms with E-state index in [9.17, 15) is 0 Å². The predicted octanol–water partition coefficient (Wildman–Crippen LogP) is 0.318. The van der Waals surface area contributed by atoms with E-state index in [1.807, 2.05) is 6.92 Å². The van der Waals surface area contributed by atoms with Crippen LogP contribution in [0, 0.1) is 12.3 Å². The molecule has 1 aliphatic rings. The zero-order chi connectivity index (χ0) is 10.4. The van der Waals surface area contributed by atoms with Gasteiger partial charge in [0.1, 0.15) is 0 Å². The lowest BCUT2D eigenvalue weighted by molar-refractivity contribution is -0.0256. The van der Waals surface area contributed by atoms with Crippen molar-refractivity contribution >= 4 is 0 Å². The summed E-state index contributed by atoms with van der Waals surface area (Å²) in [5.41, 5.74) is 0. The number of likely N-dealkylation sites (N-methyl/N-ethyl adjacent to an activating group) is 1. The van der Waals surface area contributed by atoms with Crippen molar-refractivity contribution in [3.63, 3.8) is 0 Å². The van der Waals surface area contributed by atoms with Gasteiger partial charge in [-0.25, -0.2) is 0 Å². The number of ether oxygens (including phenoxy) is 1. The van der Waals surface area contributed by atoms with Gasteiger partial charge in [0, 0.05) is 19.6 Å². The third-order valence-corrected chi connectivity index (χ3v) is 2.57. The third-order valence-electron chi connectivity index (χ3n) is 2.57. The molecule has 1 heterocycles. The number of rotatable bonds is 4.